The third-order valence-corrected chi connectivity index (χ3v) is 3.26. The molecular formula is C16H18N4. The van der Waals surface area contributed by atoms with Crippen molar-refractivity contribution in [1.82, 2.24) is 9.97 Å². The zero-order valence-electron chi connectivity index (χ0n) is 11.8. The van der Waals surface area contributed by atoms with Crippen molar-refractivity contribution >= 4 is 11.5 Å². The number of anilines is 1. The number of aromatic nitrogens is 2. The summed E-state index contributed by atoms with van der Waals surface area (Å²) in [6, 6.07) is 8.33. The van der Waals surface area contributed by atoms with Gasteiger partial charge in [-0.25, -0.2) is 4.98 Å². The lowest BCUT2D eigenvalue weighted by molar-refractivity contribution is 0.878. The Morgan fingerprint density at radius 2 is 2.00 bits per heavy atom. The average Bonchev–Trinajstić information content (AvgIpc) is 2.47. The van der Waals surface area contributed by atoms with E-state index in [1.54, 1.807) is 6.20 Å². The number of hydrogen-bond donors (Lipinski definition) is 1. The lowest BCUT2D eigenvalue weighted by atomic mass is 9.96. The van der Waals surface area contributed by atoms with Crippen molar-refractivity contribution < 1.29 is 0 Å². The number of nitrogens with zero attached hydrogens (tertiary/aromatic N) is 3. The second-order valence-corrected chi connectivity index (χ2v) is 5.19. The third kappa shape index (κ3) is 2.41. The van der Waals surface area contributed by atoms with Gasteiger partial charge >= 0.3 is 0 Å². The molecule has 4 nitrogen and oxygen atoms in total. The Morgan fingerprint density at radius 1 is 1.10 bits per heavy atom. The topological polar surface area (TPSA) is 50.2 Å². The molecule has 3 heterocycles. The van der Waals surface area contributed by atoms with E-state index >= 15 is 0 Å². The summed E-state index contributed by atoms with van der Waals surface area (Å²) < 4.78 is 0. The lowest BCUT2D eigenvalue weighted by Gasteiger charge is -2.21. The van der Waals surface area contributed by atoms with Gasteiger partial charge < -0.3 is 5.32 Å². The molecule has 1 N–H and O–H groups in total. The average molecular weight is 266 g/mol. The normalized spacial score (nSPS) is 13.8. The first-order chi connectivity index (χ1) is 9.75. The summed E-state index contributed by atoms with van der Waals surface area (Å²) in [5, 5.41) is 3.41. The van der Waals surface area contributed by atoms with Gasteiger partial charge in [-0.05, 0) is 44.0 Å². The van der Waals surface area contributed by atoms with E-state index in [1.807, 2.05) is 24.4 Å². The number of nitrogens with one attached hydrogen (secondary N) is 1. The number of rotatable bonds is 3. The van der Waals surface area contributed by atoms with Gasteiger partial charge in [-0.1, -0.05) is 6.07 Å². The molecule has 0 fully saturated rings. The maximum atomic E-state index is 4.68. The van der Waals surface area contributed by atoms with Gasteiger partial charge in [-0.15, -0.1) is 0 Å². The third-order valence-electron chi connectivity index (χ3n) is 3.26. The van der Waals surface area contributed by atoms with Gasteiger partial charge in [0, 0.05) is 30.5 Å². The van der Waals surface area contributed by atoms with Crippen molar-refractivity contribution in [3.05, 3.63) is 53.5 Å². The Morgan fingerprint density at radius 3 is 2.75 bits per heavy atom. The van der Waals surface area contributed by atoms with E-state index in [0.717, 1.165) is 35.8 Å². The Kier molecular flexibility index (Phi) is 3.46. The van der Waals surface area contributed by atoms with Crippen LogP contribution in [0.25, 0.3) is 0 Å². The molecular weight excluding hydrogens is 248 g/mol. The Labute approximate surface area is 119 Å². The largest absolute Gasteiger partial charge is 0.367 e. The maximum absolute atomic E-state index is 4.68. The Bertz CT molecular complexity index is 632. The van der Waals surface area contributed by atoms with Crippen LogP contribution in [0.4, 0.5) is 5.82 Å². The number of hydrogen-bond acceptors (Lipinski definition) is 4. The van der Waals surface area contributed by atoms with Crippen molar-refractivity contribution in [2.24, 2.45) is 4.99 Å². The van der Waals surface area contributed by atoms with Crippen molar-refractivity contribution in [3.8, 4) is 0 Å². The summed E-state index contributed by atoms with van der Waals surface area (Å²) in [6.45, 7) is 5.03. The number of fused-ring (bicyclic) bond motifs is 1. The van der Waals surface area contributed by atoms with E-state index in [-0.39, 0.29) is 0 Å². The highest BCUT2D eigenvalue weighted by Crippen LogP contribution is 2.25. The first-order valence-electron chi connectivity index (χ1n) is 6.96. The molecule has 102 valence electrons. The van der Waals surface area contributed by atoms with E-state index in [2.05, 4.69) is 40.2 Å². The zero-order valence-corrected chi connectivity index (χ0v) is 11.8. The fourth-order valence-corrected chi connectivity index (χ4v) is 2.44. The molecule has 4 heteroatoms. The Balaban J connectivity index is 2.11. The van der Waals surface area contributed by atoms with Gasteiger partial charge in [0.2, 0.25) is 0 Å². The van der Waals surface area contributed by atoms with E-state index in [9.17, 15) is 0 Å². The van der Waals surface area contributed by atoms with Crippen LogP contribution >= 0.6 is 0 Å². The zero-order chi connectivity index (χ0) is 13.9. The summed E-state index contributed by atoms with van der Waals surface area (Å²) in [7, 11) is 0. The fraction of sp³-hybridized carbons (Fsp3) is 0.312. The second kappa shape index (κ2) is 5.41. The first-order valence-corrected chi connectivity index (χ1v) is 6.96. The molecule has 0 saturated carbocycles. The van der Waals surface area contributed by atoms with Crippen LogP contribution in [0.5, 0.6) is 0 Å². The monoisotopic (exact) mass is 266 g/mol. The molecule has 0 spiro atoms. The Hall–Kier alpha value is -2.23. The van der Waals surface area contributed by atoms with Crippen molar-refractivity contribution in [2.45, 2.75) is 26.3 Å². The first kappa shape index (κ1) is 12.8. The van der Waals surface area contributed by atoms with Crippen LogP contribution in [0.3, 0.4) is 0 Å². The maximum Gasteiger partial charge on any atom is 0.135 e. The van der Waals surface area contributed by atoms with Gasteiger partial charge in [-0.3, -0.25) is 9.98 Å². The van der Waals surface area contributed by atoms with E-state index < -0.39 is 0 Å². The van der Waals surface area contributed by atoms with Crippen LogP contribution in [0.15, 0.2) is 41.7 Å². The molecule has 3 rings (SSSR count). The highest BCUT2D eigenvalue weighted by atomic mass is 15.0. The quantitative estimate of drug-likeness (QED) is 0.929. The molecule has 0 bridgehead atoms. The van der Waals surface area contributed by atoms with E-state index in [1.165, 1.54) is 5.56 Å². The molecule has 20 heavy (non-hydrogen) atoms. The summed E-state index contributed by atoms with van der Waals surface area (Å²) in [4.78, 5) is 13.6. The highest BCUT2D eigenvalue weighted by molar-refractivity contribution is 6.15. The summed E-state index contributed by atoms with van der Waals surface area (Å²) in [5.41, 5.74) is 4.25. The lowest BCUT2D eigenvalue weighted by Crippen LogP contribution is -2.21. The molecule has 0 aromatic carbocycles. The van der Waals surface area contributed by atoms with Gasteiger partial charge in [0.15, 0.2) is 0 Å². The van der Waals surface area contributed by atoms with Crippen LogP contribution in [-0.4, -0.2) is 28.3 Å². The number of aliphatic imine (C=N–C) groups is 1. The standard InChI is InChI=1S/C16H18N4/c1-11(2)20-16-14-12(7-10-19-16)6-9-18-15(14)13-5-3-4-8-17-13/h3-5,7-8,10-11H,6,9H2,1-2H3,(H,19,20). The molecule has 0 aliphatic carbocycles. The molecule has 0 radical (unpaired) electrons. The van der Waals surface area contributed by atoms with Crippen LogP contribution in [0.2, 0.25) is 0 Å². The van der Waals surface area contributed by atoms with Crippen molar-refractivity contribution in [1.29, 1.82) is 0 Å². The van der Waals surface area contributed by atoms with Crippen LogP contribution in [-0.2, 0) is 6.42 Å². The van der Waals surface area contributed by atoms with Gasteiger partial charge in [0.1, 0.15) is 5.82 Å². The molecule has 1 aliphatic heterocycles. The van der Waals surface area contributed by atoms with Gasteiger partial charge in [-0.2, -0.15) is 0 Å². The molecule has 0 atom stereocenters. The van der Waals surface area contributed by atoms with E-state index in [0.29, 0.717) is 6.04 Å². The SMILES string of the molecule is CC(C)Nc1nccc2c1C(c1ccccn1)=NCC2. The second-order valence-electron chi connectivity index (χ2n) is 5.19. The molecule has 0 saturated heterocycles. The van der Waals surface area contributed by atoms with E-state index in [4.69, 9.17) is 0 Å². The van der Waals surface area contributed by atoms with Crippen molar-refractivity contribution in [3.63, 3.8) is 0 Å². The summed E-state index contributed by atoms with van der Waals surface area (Å²) in [6.07, 6.45) is 4.63. The molecule has 2 aromatic rings. The van der Waals surface area contributed by atoms with Gasteiger partial charge in [0.05, 0.1) is 11.4 Å². The summed E-state index contributed by atoms with van der Waals surface area (Å²) >= 11 is 0. The van der Waals surface area contributed by atoms with Crippen LogP contribution < -0.4 is 5.32 Å². The highest BCUT2D eigenvalue weighted by Gasteiger charge is 2.21. The minimum Gasteiger partial charge on any atom is -0.367 e. The predicted octanol–water partition coefficient (Wildman–Crippen LogP) is 2.69. The summed E-state index contributed by atoms with van der Waals surface area (Å²) in [5.74, 6) is 0.904. The van der Waals surface area contributed by atoms with Crippen LogP contribution in [0, 0.1) is 0 Å². The molecule has 0 amide bonds. The minimum absolute atomic E-state index is 0.334. The van der Waals surface area contributed by atoms with Crippen molar-refractivity contribution in [2.75, 3.05) is 11.9 Å². The molecule has 2 aromatic heterocycles. The molecule has 1 aliphatic rings. The minimum atomic E-state index is 0.334. The van der Waals surface area contributed by atoms with Gasteiger partial charge in [0.25, 0.3) is 0 Å². The van der Waals surface area contributed by atoms with Crippen LogP contribution in [0.1, 0.15) is 30.7 Å². The predicted molar refractivity (Wildman–Crippen MR) is 81.4 cm³/mol. The number of pyridine rings is 2. The fourth-order valence-electron chi connectivity index (χ4n) is 2.44. The molecule has 0 unspecified atom stereocenters. The smallest absolute Gasteiger partial charge is 0.135 e.